The molecular weight excluding hydrogens is 498 g/mol. The molecule has 0 unspecified atom stereocenters. The quantitative estimate of drug-likeness (QED) is 0.276. The molecule has 7 heteroatoms. The fourth-order valence-electron chi connectivity index (χ4n) is 4.31. The van der Waals surface area contributed by atoms with E-state index in [-0.39, 0.29) is 10.7 Å². The van der Waals surface area contributed by atoms with E-state index in [0.29, 0.717) is 5.69 Å². The second kappa shape index (κ2) is 8.72. The fraction of sp³-hybridized carbons (Fsp3) is 0.192. The first-order chi connectivity index (χ1) is 15.6. The van der Waals surface area contributed by atoms with E-state index >= 15 is 0 Å². The smallest absolute Gasteiger partial charge is 0.270 e. The van der Waals surface area contributed by atoms with Gasteiger partial charge in [-0.25, -0.2) is 0 Å². The normalized spacial score (nSPS) is 15.4. The molecule has 2 heterocycles. The van der Waals surface area contributed by atoms with Gasteiger partial charge < -0.3 is 4.57 Å². The molecule has 0 saturated carbocycles. The van der Waals surface area contributed by atoms with E-state index < -0.39 is 11.8 Å². The van der Waals surface area contributed by atoms with Crippen LogP contribution >= 0.6 is 28.1 Å². The maximum Gasteiger partial charge on any atom is 0.270 e. The number of thiocarbonyl (C=S) groups is 1. The van der Waals surface area contributed by atoms with E-state index in [4.69, 9.17) is 12.2 Å². The SMILES string of the molecule is Cc1cc(C)cc(-n2c(C)cc(/C=C3\C(=O)NC(=S)N(c4ccc(Br)cc4C)C3=O)c2C)c1. The number of rotatable bonds is 3. The molecule has 1 saturated heterocycles. The predicted molar refractivity (Wildman–Crippen MR) is 140 cm³/mol. The number of hydrogen-bond acceptors (Lipinski definition) is 3. The molecule has 33 heavy (non-hydrogen) atoms. The lowest BCUT2D eigenvalue weighted by Gasteiger charge is -2.30. The van der Waals surface area contributed by atoms with Gasteiger partial charge in [-0.05, 0) is 112 Å². The molecule has 1 N–H and O–H groups in total. The lowest BCUT2D eigenvalue weighted by molar-refractivity contribution is -0.122. The summed E-state index contributed by atoms with van der Waals surface area (Å²) in [6.07, 6.45) is 1.65. The number of nitrogens with one attached hydrogen (secondary N) is 1. The largest absolute Gasteiger partial charge is 0.318 e. The molecule has 0 bridgehead atoms. The number of halogens is 1. The number of aryl methyl sites for hydroxylation is 4. The Morgan fingerprint density at radius 1 is 0.939 bits per heavy atom. The van der Waals surface area contributed by atoms with E-state index in [1.807, 2.05) is 45.0 Å². The molecule has 3 aromatic rings. The highest BCUT2D eigenvalue weighted by molar-refractivity contribution is 9.10. The first-order valence-corrected chi connectivity index (χ1v) is 11.7. The van der Waals surface area contributed by atoms with Gasteiger partial charge in [0.15, 0.2) is 5.11 Å². The van der Waals surface area contributed by atoms with Crippen molar-refractivity contribution in [2.24, 2.45) is 0 Å². The molecule has 0 atom stereocenters. The standard InChI is InChI=1S/C26H24BrN3O2S/c1-14-8-15(2)10-21(9-14)29-17(4)12-19(18(29)5)13-22-24(31)28-26(33)30(25(22)32)23-7-6-20(27)11-16(23)3/h6-13H,1-5H3,(H,28,31,33)/b22-13+. The average Bonchev–Trinajstić information content (AvgIpc) is 2.99. The van der Waals surface area contributed by atoms with Crippen LogP contribution in [0.25, 0.3) is 11.8 Å². The average molecular weight is 522 g/mol. The number of anilines is 1. The third kappa shape index (κ3) is 4.30. The fourth-order valence-corrected chi connectivity index (χ4v) is 5.06. The first-order valence-electron chi connectivity index (χ1n) is 10.5. The minimum atomic E-state index is -0.493. The lowest BCUT2D eigenvalue weighted by Crippen LogP contribution is -2.54. The molecule has 2 amide bonds. The highest BCUT2D eigenvalue weighted by atomic mass is 79.9. The molecule has 0 radical (unpaired) electrons. The molecule has 168 valence electrons. The van der Waals surface area contributed by atoms with Gasteiger partial charge in [-0.1, -0.05) is 22.0 Å². The van der Waals surface area contributed by atoms with Gasteiger partial charge in [0.25, 0.3) is 11.8 Å². The number of nitrogens with zero attached hydrogens (tertiary/aromatic N) is 2. The summed E-state index contributed by atoms with van der Waals surface area (Å²) in [6.45, 7) is 10.0. The summed E-state index contributed by atoms with van der Waals surface area (Å²) in [5.41, 5.74) is 7.73. The Bertz CT molecular complexity index is 1350. The lowest BCUT2D eigenvalue weighted by atomic mass is 10.1. The zero-order valence-electron chi connectivity index (χ0n) is 19.1. The Morgan fingerprint density at radius 3 is 2.24 bits per heavy atom. The molecule has 1 aromatic heterocycles. The molecule has 0 aliphatic carbocycles. The molecule has 1 aliphatic rings. The number of benzene rings is 2. The van der Waals surface area contributed by atoms with Crippen LogP contribution in [0.4, 0.5) is 5.69 Å². The number of aromatic nitrogens is 1. The summed E-state index contributed by atoms with van der Waals surface area (Å²) in [7, 11) is 0. The molecule has 4 rings (SSSR count). The van der Waals surface area contributed by atoms with Crippen LogP contribution in [0.1, 0.15) is 33.6 Å². The van der Waals surface area contributed by atoms with Gasteiger partial charge in [-0.15, -0.1) is 0 Å². The Morgan fingerprint density at radius 2 is 1.61 bits per heavy atom. The Labute approximate surface area is 207 Å². The van der Waals surface area contributed by atoms with Crippen LogP contribution in [0, 0.1) is 34.6 Å². The van der Waals surface area contributed by atoms with Gasteiger partial charge >= 0.3 is 0 Å². The van der Waals surface area contributed by atoms with Crippen molar-refractivity contribution < 1.29 is 9.59 Å². The molecular formula is C26H24BrN3O2S. The third-order valence-electron chi connectivity index (χ3n) is 5.74. The molecule has 0 spiro atoms. The summed E-state index contributed by atoms with van der Waals surface area (Å²) < 4.78 is 3.04. The van der Waals surface area contributed by atoms with E-state index in [0.717, 1.165) is 32.7 Å². The number of carbonyl (C=O) groups excluding carboxylic acids is 2. The number of carbonyl (C=O) groups is 2. The topological polar surface area (TPSA) is 54.3 Å². The molecule has 1 aliphatic heterocycles. The second-order valence-corrected chi connectivity index (χ2v) is 9.70. The van der Waals surface area contributed by atoms with Gasteiger partial charge in [0.05, 0.1) is 5.69 Å². The van der Waals surface area contributed by atoms with E-state index in [9.17, 15) is 9.59 Å². The summed E-state index contributed by atoms with van der Waals surface area (Å²) in [5, 5.41) is 2.75. The van der Waals surface area contributed by atoms with Gasteiger partial charge in [0, 0.05) is 21.5 Å². The van der Waals surface area contributed by atoms with Crippen molar-refractivity contribution in [2.75, 3.05) is 4.90 Å². The van der Waals surface area contributed by atoms with Crippen molar-refractivity contribution in [3.63, 3.8) is 0 Å². The van der Waals surface area contributed by atoms with Crippen molar-refractivity contribution in [1.29, 1.82) is 0 Å². The van der Waals surface area contributed by atoms with Crippen molar-refractivity contribution in [1.82, 2.24) is 9.88 Å². The van der Waals surface area contributed by atoms with Crippen LogP contribution in [0.5, 0.6) is 0 Å². The summed E-state index contributed by atoms with van der Waals surface area (Å²) in [6, 6.07) is 13.9. The Kier molecular flexibility index (Phi) is 6.12. The number of amides is 2. The summed E-state index contributed by atoms with van der Waals surface area (Å²) in [4.78, 5) is 27.6. The first kappa shape index (κ1) is 23.1. The van der Waals surface area contributed by atoms with E-state index in [1.54, 1.807) is 6.08 Å². The second-order valence-electron chi connectivity index (χ2n) is 8.40. The van der Waals surface area contributed by atoms with Crippen LogP contribution in [0.15, 0.2) is 52.5 Å². The minimum absolute atomic E-state index is 0.0478. The highest BCUT2D eigenvalue weighted by Crippen LogP contribution is 2.29. The summed E-state index contributed by atoms with van der Waals surface area (Å²) >= 11 is 8.78. The maximum absolute atomic E-state index is 13.4. The van der Waals surface area contributed by atoms with Crippen molar-refractivity contribution in [3.05, 3.63) is 86.2 Å². The van der Waals surface area contributed by atoms with Crippen molar-refractivity contribution in [3.8, 4) is 5.69 Å². The van der Waals surface area contributed by atoms with Crippen molar-refractivity contribution in [2.45, 2.75) is 34.6 Å². The van der Waals surface area contributed by atoms with Gasteiger partial charge in [0.1, 0.15) is 5.57 Å². The van der Waals surface area contributed by atoms with Gasteiger partial charge in [-0.2, -0.15) is 0 Å². The Hall–Kier alpha value is -3.03. The molecule has 1 fully saturated rings. The van der Waals surface area contributed by atoms with E-state index in [2.05, 4.69) is 57.9 Å². The molecule has 5 nitrogen and oxygen atoms in total. The van der Waals surface area contributed by atoms with Crippen LogP contribution in [0.2, 0.25) is 0 Å². The van der Waals surface area contributed by atoms with Gasteiger partial charge in [-0.3, -0.25) is 19.8 Å². The predicted octanol–water partition coefficient (Wildman–Crippen LogP) is 5.61. The third-order valence-corrected chi connectivity index (χ3v) is 6.51. The zero-order valence-corrected chi connectivity index (χ0v) is 21.5. The number of hydrogen-bond donors (Lipinski definition) is 1. The minimum Gasteiger partial charge on any atom is -0.318 e. The zero-order chi connectivity index (χ0) is 24.0. The maximum atomic E-state index is 13.4. The summed E-state index contributed by atoms with van der Waals surface area (Å²) in [5.74, 6) is -0.933. The highest BCUT2D eigenvalue weighted by Gasteiger charge is 2.35. The van der Waals surface area contributed by atoms with Crippen LogP contribution in [-0.2, 0) is 9.59 Å². The van der Waals surface area contributed by atoms with Crippen LogP contribution < -0.4 is 10.2 Å². The Balaban J connectivity index is 1.79. The van der Waals surface area contributed by atoms with Crippen LogP contribution in [-0.4, -0.2) is 21.5 Å². The van der Waals surface area contributed by atoms with Gasteiger partial charge in [0.2, 0.25) is 0 Å². The molecule has 2 aromatic carbocycles. The van der Waals surface area contributed by atoms with Crippen molar-refractivity contribution >= 4 is 56.8 Å². The monoisotopic (exact) mass is 521 g/mol. The van der Waals surface area contributed by atoms with E-state index in [1.165, 1.54) is 16.0 Å². The van der Waals surface area contributed by atoms with Crippen LogP contribution in [0.3, 0.4) is 0 Å².